The van der Waals surface area contributed by atoms with Gasteiger partial charge in [-0.1, -0.05) is 23.7 Å². The van der Waals surface area contributed by atoms with Crippen molar-refractivity contribution in [2.45, 2.75) is 26.4 Å². The van der Waals surface area contributed by atoms with Gasteiger partial charge in [0.25, 0.3) is 0 Å². The van der Waals surface area contributed by atoms with Gasteiger partial charge in [0.1, 0.15) is 5.75 Å². The van der Waals surface area contributed by atoms with E-state index in [2.05, 4.69) is 5.32 Å². The molecule has 0 aliphatic rings. The van der Waals surface area contributed by atoms with E-state index in [0.29, 0.717) is 29.5 Å². The number of nitrogens with one attached hydrogen (secondary N) is 1. The number of rotatable bonds is 6. The molecule has 7 heteroatoms. The van der Waals surface area contributed by atoms with Crippen LogP contribution in [-0.4, -0.2) is 22.2 Å². The van der Waals surface area contributed by atoms with Crippen LogP contribution in [0, 0.1) is 0 Å². The molecule has 1 N–H and O–H groups in total. The van der Waals surface area contributed by atoms with Crippen LogP contribution in [0.5, 0.6) is 5.75 Å². The van der Waals surface area contributed by atoms with Gasteiger partial charge in [0, 0.05) is 24.5 Å². The lowest BCUT2D eigenvalue weighted by Gasteiger charge is -2.10. The van der Waals surface area contributed by atoms with Gasteiger partial charge in [-0.05, 0) is 37.3 Å². The average Bonchev–Trinajstić information content (AvgIpc) is 2.91. The molecular weight excluding hydrogens is 354 g/mol. The van der Waals surface area contributed by atoms with Crippen molar-refractivity contribution in [3.8, 4) is 5.75 Å². The summed E-state index contributed by atoms with van der Waals surface area (Å²) < 4.78 is 8.56. The second-order valence-electron chi connectivity index (χ2n) is 5.81. The van der Waals surface area contributed by atoms with Crippen LogP contribution in [-0.2, 0) is 17.9 Å². The number of halogens is 1. The van der Waals surface area contributed by atoms with Crippen LogP contribution in [0.2, 0.25) is 5.02 Å². The highest BCUT2D eigenvalue weighted by Crippen LogP contribution is 2.27. The minimum absolute atomic E-state index is 0.109. The zero-order valence-electron chi connectivity index (χ0n) is 14.7. The van der Waals surface area contributed by atoms with Gasteiger partial charge in [-0.3, -0.25) is 13.9 Å². The summed E-state index contributed by atoms with van der Waals surface area (Å²) in [6.45, 7) is 2.80. The number of nitrogens with zero attached hydrogens (tertiary/aromatic N) is 2. The molecule has 0 fully saturated rings. The van der Waals surface area contributed by atoms with Gasteiger partial charge in [-0.25, -0.2) is 4.79 Å². The number of aryl methyl sites for hydroxylation is 2. The van der Waals surface area contributed by atoms with Gasteiger partial charge >= 0.3 is 5.69 Å². The number of amides is 1. The number of hydrogen-bond donors (Lipinski definition) is 1. The molecule has 0 atom stereocenters. The number of benzene rings is 2. The second-order valence-corrected chi connectivity index (χ2v) is 6.25. The van der Waals surface area contributed by atoms with Crippen molar-refractivity contribution in [3.63, 3.8) is 0 Å². The smallest absolute Gasteiger partial charge is 0.329 e. The van der Waals surface area contributed by atoms with Crippen molar-refractivity contribution in [3.05, 3.63) is 58.0 Å². The summed E-state index contributed by atoms with van der Waals surface area (Å²) in [6, 6.07) is 12.6. The van der Waals surface area contributed by atoms with Crippen LogP contribution in [0.4, 0.5) is 5.69 Å². The Morgan fingerprint density at radius 2 is 1.85 bits per heavy atom. The van der Waals surface area contributed by atoms with Crippen LogP contribution in [0.3, 0.4) is 0 Å². The molecule has 0 saturated carbocycles. The molecule has 0 spiro atoms. The third kappa shape index (κ3) is 3.46. The zero-order chi connectivity index (χ0) is 18.7. The van der Waals surface area contributed by atoms with Crippen molar-refractivity contribution in [1.29, 1.82) is 0 Å². The maximum Gasteiger partial charge on any atom is 0.329 e. The summed E-state index contributed by atoms with van der Waals surface area (Å²) in [6.07, 6.45) is 0.160. The van der Waals surface area contributed by atoms with Gasteiger partial charge in [-0.2, -0.15) is 0 Å². The van der Waals surface area contributed by atoms with Crippen molar-refractivity contribution in [2.24, 2.45) is 0 Å². The highest BCUT2D eigenvalue weighted by molar-refractivity contribution is 6.31. The highest BCUT2D eigenvalue weighted by Gasteiger charge is 2.14. The minimum Gasteiger partial charge on any atom is -0.495 e. The number of methoxy groups -OCH3 is 1. The summed E-state index contributed by atoms with van der Waals surface area (Å²) in [5, 5.41) is 3.29. The molecule has 0 radical (unpaired) electrons. The first kappa shape index (κ1) is 18.1. The number of carbonyl (C=O) groups is 1. The third-order valence-corrected chi connectivity index (χ3v) is 4.47. The minimum atomic E-state index is -0.217. The van der Waals surface area contributed by atoms with E-state index in [1.807, 2.05) is 31.2 Å². The standard InChI is InChI=1S/C19H20ClN3O3/c1-3-22-15-6-4-5-7-16(15)23(19(22)25)11-10-18(24)21-14-12-13(20)8-9-17(14)26-2/h4-9,12H,3,10-11H2,1-2H3,(H,21,24). The number of ether oxygens (including phenoxy) is 1. The second kappa shape index (κ2) is 7.66. The van der Waals surface area contributed by atoms with Crippen LogP contribution in [0.15, 0.2) is 47.3 Å². The number of anilines is 1. The van der Waals surface area contributed by atoms with Crippen molar-refractivity contribution in [2.75, 3.05) is 12.4 Å². The molecule has 0 aliphatic heterocycles. The van der Waals surface area contributed by atoms with E-state index in [1.165, 1.54) is 7.11 Å². The quantitative estimate of drug-likeness (QED) is 0.719. The fourth-order valence-electron chi connectivity index (χ4n) is 3.00. The zero-order valence-corrected chi connectivity index (χ0v) is 15.4. The van der Waals surface area contributed by atoms with Crippen LogP contribution >= 0.6 is 11.6 Å². The Labute approximate surface area is 155 Å². The summed E-state index contributed by atoms with van der Waals surface area (Å²) in [5.41, 5.74) is 2.10. The van der Waals surface area contributed by atoms with E-state index in [4.69, 9.17) is 16.3 Å². The molecule has 26 heavy (non-hydrogen) atoms. The molecule has 0 aliphatic carbocycles. The van der Waals surface area contributed by atoms with E-state index in [0.717, 1.165) is 11.0 Å². The van der Waals surface area contributed by atoms with Gasteiger partial charge in [0.2, 0.25) is 5.91 Å². The van der Waals surface area contributed by atoms with E-state index in [9.17, 15) is 9.59 Å². The molecule has 1 aromatic heterocycles. The number of fused-ring (bicyclic) bond motifs is 1. The third-order valence-electron chi connectivity index (χ3n) is 4.24. The van der Waals surface area contributed by atoms with Gasteiger partial charge in [0.05, 0.1) is 23.8 Å². The first-order valence-electron chi connectivity index (χ1n) is 8.36. The van der Waals surface area contributed by atoms with Crippen molar-refractivity contribution in [1.82, 2.24) is 9.13 Å². The SMILES string of the molecule is CCn1c(=O)n(CCC(=O)Nc2cc(Cl)ccc2OC)c2ccccc21. The Hall–Kier alpha value is -2.73. The predicted octanol–water partition coefficient (Wildman–Crippen LogP) is 3.51. The van der Waals surface area contributed by atoms with Gasteiger partial charge in [0.15, 0.2) is 0 Å². The van der Waals surface area contributed by atoms with Crippen LogP contribution in [0.25, 0.3) is 11.0 Å². The van der Waals surface area contributed by atoms with E-state index in [-0.39, 0.29) is 18.0 Å². The first-order chi connectivity index (χ1) is 12.5. The largest absolute Gasteiger partial charge is 0.495 e. The Balaban J connectivity index is 1.79. The van der Waals surface area contributed by atoms with E-state index in [1.54, 1.807) is 27.3 Å². The molecule has 6 nitrogen and oxygen atoms in total. The number of hydrogen-bond acceptors (Lipinski definition) is 3. The fourth-order valence-corrected chi connectivity index (χ4v) is 3.17. The Morgan fingerprint density at radius 1 is 1.15 bits per heavy atom. The lowest BCUT2D eigenvalue weighted by molar-refractivity contribution is -0.116. The molecule has 1 heterocycles. The van der Waals surface area contributed by atoms with Crippen LogP contribution < -0.4 is 15.7 Å². The van der Waals surface area contributed by atoms with Crippen molar-refractivity contribution < 1.29 is 9.53 Å². The Bertz CT molecular complexity index is 1010. The summed E-state index contributed by atoms with van der Waals surface area (Å²) >= 11 is 5.98. The molecule has 0 bridgehead atoms. The lowest BCUT2D eigenvalue weighted by atomic mass is 10.2. The lowest BCUT2D eigenvalue weighted by Crippen LogP contribution is -2.25. The summed E-state index contributed by atoms with van der Waals surface area (Å²) in [7, 11) is 1.53. The average molecular weight is 374 g/mol. The molecule has 3 aromatic rings. The number of aromatic nitrogens is 2. The van der Waals surface area contributed by atoms with Crippen LogP contribution in [0.1, 0.15) is 13.3 Å². The number of para-hydroxylation sites is 2. The van der Waals surface area contributed by atoms with Crippen molar-refractivity contribution >= 4 is 34.2 Å². The maximum absolute atomic E-state index is 12.6. The van der Waals surface area contributed by atoms with E-state index >= 15 is 0 Å². The maximum atomic E-state index is 12.6. The molecule has 136 valence electrons. The fraction of sp³-hybridized carbons (Fsp3) is 0.263. The van der Waals surface area contributed by atoms with Gasteiger partial charge < -0.3 is 10.1 Å². The summed E-state index contributed by atoms with van der Waals surface area (Å²) in [5.74, 6) is 0.313. The highest BCUT2D eigenvalue weighted by atomic mass is 35.5. The molecule has 1 amide bonds. The van der Waals surface area contributed by atoms with E-state index < -0.39 is 0 Å². The topological polar surface area (TPSA) is 65.3 Å². The summed E-state index contributed by atoms with van der Waals surface area (Å²) in [4.78, 5) is 24.9. The molecule has 3 rings (SSSR count). The van der Waals surface area contributed by atoms with Gasteiger partial charge in [-0.15, -0.1) is 0 Å². The number of imidazole rings is 1. The molecule has 0 unspecified atom stereocenters. The predicted molar refractivity (Wildman–Crippen MR) is 103 cm³/mol. The monoisotopic (exact) mass is 373 g/mol. The molecule has 0 saturated heterocycles. The molecule has 2 aromatic carbocycles. The molecular formula is C19H20ClN3O3. The Kier molecular flexibility index (Phi) is 5.32. The number of carbonyl (C=O) groups excluding carboxylic acids is 1. The Morgan fingerprint density at radius 3 is 2.50 bits per heavy atom. The first-order valence-corrected chi connectivity index (χ1v) is 8.74. The normalized spacial score (nSPS) is 10.9.